The highest BCUT2D eigenvalue weighted by atomic mass is 32.2. The molecule has 0 aliphatic rings. The molecule has 0 atom stereocenters. The minimum Gasteiger partial charge on any atom is -0.298 e. The molecular weight excluding hydrogens is 239 g/mol. The summed E-state index contributed by atoms with van der Waals surface area (Å²) in [4.78, 5) is 19.2. The number of benzene rings is 1. The van der Waals surface area contributed by atoms with Crippen LogP contribution in [-0.4, -0.2) is 16.3 Å². The first kappa shape index (κ1) is 11.7. The van der Waals surface area contributed by atoms with E-state index in [4.69, 9.17) is 0 Å². The van der Waals surface area contributed by atoms with Crippen molar-refractivity contribution in [2.45, 2.75) is 17.0 Å². The van der Waals surface area contributed by atoms with Gasteiger partial charge in [0.2, 0.25) is 0 Å². The van der Waals surface area contributed by atoms with Gasteiger partial charge in [-0.1, -0.05) is 12.1 Å². The smallest absolute Gasteiger partial charge is 0.192 e. The van der Waals surface area contributed by atoms with Crippen LogP contribution in [0.3, 0.4) is 0 Å². The van der Waals surface area contributed by atoms with Crippen LogP contribution in [0.2, 0.25) is 0 Å². The summed E-state index contributed by atoms with van der Waals surface area (Å²) in [5, 5.41) is 0.420. The molecule has 17 heavy (non-hydrogen) atoms. The minimum atomic E-state index is -0.441. The Morgan fingerprint density at radius 2 is 2.00 bits per heavy atom. The molecule has 1 heterocycles. The Morgan fingerprint density at radius 3 is 2.65 bits per heavy atom. The molecule has 0 aliphatic heterocycles. The van der Waals surface area contributed by atoms with Crippen LogP contribution in [-0.2, 0) is 0 Å². The van der Waals surface area contributed by atoms with Gasteiger partial charge in [-0.2, -0.15) is 0 Å². The van der Waals surface area contributed by atoms with Crippen LogP contribution < -0.4 is 0 Å². The van der Waals surface area contributed by atoms with Crippen molar-refractivity contribution in [3.05, 3.63) is 47.5 Å². The minimum absolute atomic E-state index is 0.256. The lowest BCUT2D eigenvalue weighted by Gasteiger charge is -2.04. The van der Waals surface area contributed by atoms with Crippen LogP contribution in [0.4, 0.5) is 4.39 Å². The fourth-order valence-electron chi connectivity index (χ4n) is 1.25. The number of carbonyl (C=O) groups excluding carboxylic acids is 1. The van der Waals surface area contributed by atoms with Gasteiger partial charge in [-0.05, 0) is 30.3 Å². The van der Waals surface area contributed by atoms with Crippen molar-refractivity contribution in [3.63, 3.8) is 0 Å². The summed E-state index contributed by atoms with van der Waals surface area (Å²) in [5.74, 6) is -0.441. The molecule has 0 saturated heterocycles. The van der Waals surface area contributed by atoms with E-state index in [1.54, 1.807) is 18.5 Å². The second kappa shape index (κ2) is 5.05. The number of aromatic nitrogens is 2. The highest BCUT2D eigenvalue weighted by Crippen LogP contribution is 2.29. The molecule has 1 aromatic carbocycles. The standard InChI is InChI=1S/C12H9FN2OS/c1-8-5-14-12(15-6-8)17-11-9(7-16)3-2-4-10(11)13/h2-7H,1H3. The van der Waals surface area contributed by atoms with Gasteiger partial charge in [0.15, 0.2) is 11.4 Å². The summed E-state index contributed by atoms with van der Waals surface area (Å²) in [5.41, 5.74) is 1.23. The number of rotatable bonds is 3. The van der Waals surface area contributed by atoms with Gasteiger partial charge in [0, 0.05) is 18.0 Å². The van der Waals surface area contributed by atoms with Crippen molar-refractivity contribution in [3.8, 4) is 0 Å². The zero-order valence-corrected chi connectivity index (χ0v) is 9.87. The summed E-state index contributed by atoms with van der Waals surface area (Å²) < 4.78 is 13.6. The molecule has 0 spiro atoms. The number of carbonyl (C=O) groups is 1. The number of aryl methyl sites for hydroxylation is 1. The van der Waals surface area contributed by atoms with Crippen LogP contribution in [0.5, 0.6) is 0 Å². The van der Waals surface area contributed by atoms with E-state index in [0.717, 1.165) is 17.3 Å². The Labute approximate surface area is 102 Å². The largest absolute Gasteiger partial charge is 0.298 e. The lowest BCUT2D eigenvalue weighted by Crippen LogP contribution is -1.92. The van der Waals surface area contributed by atoms with Crippen LogP contribution in [0.1, 0.15) is 15.9 Å². The Morgan fingerprint density at radius 1 is 1.29 bits per heavy atom. The van der Waals surface area contributed by atoms with E-state index in [-0.39, 0.29) is 4.90 Å². The van der Waals surface area contributed by atoms with Gasteiger partial charge in [0.1, 0.15) is 5.82 Å². The molecule has 0 saturated carbocycles. The van der Waals surface area contributed by atoms with E-state index in [2.05, 4.69) is 9.97 Å². The maximum Gasteiger partial charge on any atom is 0.192 e. The first-order chi connectivity index (χ1) is 8.20. The SMILES string of the molecule is Cc1cnc(Sc2c(F)cccc2C=O)nc1. The van der Waals surface area contributed by atoms with Gasteiger partial charge in [0.05, 0.1) is 4.90 Å². The topological polar surface area (TPSA) is 42.9 Å². The van der Waals surface area contributed by atoms with Gasteiger partial charge >= 0.3 is 0 Å². The average Bonchev–Trinajstić information content (AvgIpc) is 2.34. The van der Waals surface area contributed by atoms with Crippen molar-refractivity contribution in [1.82, 2.24) is 9.97 Å². The monoisotopic (exact) mass is 248 g/mol. The van der Waals surface area contributed by atoms with E-state index in [1.165, 1.54) is 12.1 Å². The molecule has 0 N–H and O–H groups in total. The second-order valence-corrected chi connectivity index (χ2v) is 4.40. The second-order valence-electron chi connectivity index (χ2n) is 3.42. The van der Waals surface area contributed by atoms with Crippen molar-refractivity contribution >= 4 is 18.0 Å². The van der Waals surface area contributed by atoms with Crippen molar-refractivity contribution in [2.75, 3.05) is 0 Å². The molecule has 0 amide bonds. The maximum absolute atomic E-state index is 13.6. The number of hydrogen-bond donors (Lipinski definition) is 0. The average molecular weight is 248 g/mol. The molecule has 86 valence electrons. The Hall–Kier alpha value is -1.75. The molecule has 0 unspecified atom stereocenters. The van der Waals surface area contributed by atoms with Crippen molar-refractivity contribution < 1.29 is 9.18 Å². The van der Waals surface area contributed by atoms with Crippen LogP contribution in [0, 0.1) is 12.7 Å². The third kappa shape index (κ3) is 2.68. The van der Waals surface area contributed by atoms with Gasteiger partial charge in [0.25, 0.3) is 0 Å². The van der Waals surface area contributed by atoms with Crippen molar-refractivity contribution in [2.24, 2.45) is 0 Å². The molecular formula is C12H9FN2OS. The van der Waals surface area contributed by atoms with E-state index >= 15 is 0 Å². The van der Waals surface area contributed by atoms with Gasteiger partial charge in [-0.3, -0.25) is 4.79 Å². The van der Waals surface area contributed by atoms with Crippen LogP contribution in [0.15, 0.2) is 40.6 Å². The summed E-state index contributed by atoms with van der Waals surface area (Å²) in [6.45, 7) is 1.87. The van der Waals surface area contributed by atoms with Gasteiger partial charge in [-0.25, -0.2) is 14.4 Å². The normalized spacial score (nSPS) is 10.2. The predicted molar refractivity (Wildman–Crippen MR) is 62.7 cm³/mol. The number of halogens is 1. The third-order valence-electron chi connectivity index (χ3n) is 2.08. The third-order valence-corrected chi connectivity index (χ3v) is 3.10. The Kier molecular flexibility index (Phi) is 3.49. The fraction of sp³-hybridized carbons (Fsp3) is 0.0833. The molecule has 1 aromatic heterocycles. The summed E-state index contributed by atoms with van der Waals surface area (Å²) >= 11 is 1.05. The Balaban J connectivity index is 2.35. The molecule has 0 fully saturated rings. The highest BCUT2D eigenvalue weighted by molar-refractivity contribution is 7.99. The first-order valence-electron chi connectivity index (χ1n) is 4.91. The number of nitrogens with zero attached hydrogens (tertiary/aromatic N) is 2. The fourth-order valence-corrected chi connectivity index (χ4v) is 2.04. The summed E-state index contributed by atoms with van der Waals surface area (Å²) in [6.07, 6.45) is 3.92. The Bertz CT molecular complexity index is 543. The van der Waals surface area contributed by atoms with Crippen LogP contribution >= 0.6 is 11.8 Å². The summed E-state index contributed by atoms with van der Waals surface area (Å²) in [6, 6.07) is 4.37. The molecule has 2 rings (SSSR count). The van der Waals surface area contributed by atoms with Crippen LogP contribution in [0.25, 0.3) is 0 Å². The first-order valence-corrected chi connectivity index (χ1v) is 5.72. The molecule has 0 aliphatic carbocycles. The van der Waals surface area contributed by atoms with Gasteiger partial charge in [-0.15, -0.1) is 0 Å². The predicted octanol–water partition coefficient (Wildman–Crippen LogP) is 2.89. The molecule has 5 heteroatoms. The maximum atomic E-state index is 13.6. The summed E-state index contributed by atoms with van der Waals surface area (Å²) in [7, 11) is 0. The van der Waals surface area contributed by atoms with E-state index in [1.807, 2.05) is 6.92 Å². The zero-order chi connectivity index (χ0) is 12.3. The lowest BCUT2D eigenvalue weighted by atomic mass is 10.2. The van der Waals surface area contributed by atoms with E-state index in [0.29, 0.717) is 17.0 Å². The lowest BCUT2D eigenvalue weighted by molar-refractivity contribution is 0.112. The zero-order valence-electron chi connectivity index (χ0n) is 9.05. The van der Waals surface area contributed by atoms with Crippen molar-refractivity contribution in [1.29, 1.82) is 0 Å². The highest BCUT2D eigenvalue weighted by Gasteiger charge is 2.10. The quantitative estimate of drug-likeness (QED) is 0.618. The number of hydrogen-bond acceptors (Lipinski definition) is 4. The molecule has 0 radical (unpaired) electrons. The number of aldehydes is 1. The van der Waals surface area contributed by atoms with Gasteiger partial charge < -0.3 is 0 Å². The van der Waals surface area contributed by atoms with E-state index in [9.17, 15) is 9.18 Å². The van der Waals surface area contributed by atoms with E-state index < -0.39 is 5.82 Å². The molecule has 3 nitrogen and oxygen atoms in total. The molecule has 2 aromatic rings. The molecule has 0 bridgehead atoms.